The number of hydrogen-bond acceptors (Lipinski definition) is 6. The second-order valence-corrected chi connectivity index (χ2v) is 9.35. The van der Waals surface area contributed by atoms with Crippen LogP contribution in [0.5, 0.6) is 0 Å². The van der Waals surface area contributed by atoms with Crippen molar-refractivity contribution in [2.75, 3.05) is 5.32 Å². The van der Waals surface area contributed by atoms with Crippen molar-refractivity contribution in [1.29, 1.82) is 0 Å². The average Bonchev–Trinajstić information content (AvgIpc) is 3.24. The molecule has 32 heavy (non-hydrogen) atoms. The minimum atomic E-state index is -3.98. The summed E-state index contributed by atoms with van der Waals surface area (Å²) in [5.74, 6) is 0.147. The van der Waals surface area contributed by atoms with Crippen molar-refractivity contribution in [2.45, 2.75) is 16.5 Å². The van der Waals surface area contributed by atoms with Crippen molar-refractivity contribution in [3.8, 4) is 0 Å². The Bertz CT molecular complexity index is 1550. The number of para-hydroxylation sites is 1. The number of halogens is 2. The number of anilines is 1. The molecule has 0 fully saturated rings. The van der Waals surface area contributed by atoms with Crippen LogP contribution in [-0.4, -0.2) is 28.2 Å². The fourth-order valence-electron chi connectivity index (χ4n) is 3.37. The van der Waals surface area contributed by atoms with E-state index in [9.17, 15) is 12.8 Å². The van der Waals surface area contributed by atoms with Crippen LogP contribution in [0.1, 0.15) is 5.56 Å². The first-order valence-corrected chi connectivity index (χ1v) is 11.4. The van der Waals surface area contributed by atoms with Gasteiger partial charge in [0.25, 0.3) is 0 Å². The van der Waals surface area contributed by atoms with Gasteiger partial charge in [0.2, 0.25) is 14.9 Å². The first-order chi connectivity index (χ1) is 15.4. The van der Waals surface area contributed by atoms with Crippen molar-refractivity contribution in [3.05, 3.63) is 89.2 Å². The number of nitrogens with zero attached hydrogens (tertiary/aromatic N) is 4. The Balaban J connectivity index is 1.64. The van der Waals surface area contributed by atoms with E-state index in [4.69, 9.17) is 11.6 Å². The van der Waals surface area contributed by atoms with Gasteiger partial charge in [-0.2, -0.15) is 4.52 Å². The van der Waals surface area contributed by atoms with Gasteiger partial charge in [-0.1, -0.05) is 41.1 Å². The smallest absolute Gasteiger partial charge is 0.229 e. The molecular weight excluding hydrogens is 453 g/mol. The van der Waals surface area contributed by atoms with Crippen LogP contribution in [0.4, 0.5) is 10.2 Å². The largest absolute Gasteiger partial charge is 0.365 e. The summed E-state index contributed by atoms with van der Waals surface area (Å²) in [5, 5.41) is 12.1. The number of benzene rings is 3. The molecule has 5 rings (SSSR count). The predicted octanol–water partition coefficient (Wildman–Crippen LogP) is 4.51. The summed E-state index contributed by atoms with van der Waals surface area (Å²) < 4.78 is 41.1. The quantitative estimate of drug-likeness (QED) is 0.409. The molecule has 0 aliphatic rings. The molecule has 0 amide bonds. The molecule has 0 aliphatic carbocycles. The Labute approximate surface area is 187 Å². The molecule has 10 heteroatoms. The third-order valence-corrected chi connectivity index (χ3v) is 6.89. The van der Waals surface area contributed by atoms with Crippen LogP contribution in [0.3, 0.4) is 0 Å². The molecule has 0 bridgehead atoms. The molecule has 0 spiro atoms. The molecular formula is C22H15ClFN5O2S. The normalized spacial score (nSPS) is 11.8. The minimum Gasteiger partial charge on any atom is -0.365 e. The van der Waals surface area contributed by atoms with Gasteiger partial charge in [-0.15, -0.1) is 5.10 Å². The number of rotatable bonds is 5. The molecule has 7 nitrogen and oxygen atoms in total. The fraction of sp³-hybridized carbons (Fsp3) is 0.0455. The maximum absolute atomic E-state index is 13.2. The Morgan fingerprint density at radius 1 is 0.969 bits per heavy atom. The molecule has 160 valence electrons. The maximum Gasteiger partial charge on any atom is 0.229 e. The molecule has 3 aromatic carbocycles. The zero-order chi connectivity index (χ0) is 22.3. The van der Waals surface area contributed by atoms with Crippen LogP contribution in [0.2, 0.25) is 5.02 Å². The monoisotopic (exact) mass is 467 g/mol. The summed E-state index contributed by atoms with van der Waals surface area (Å²) in [6.45, 7) is 0.369. The number of nitrogens with one attached hydrogen (secondary N) is 1. The first-order valence-electron chi connectivity index (χ1n) is 9.56. The molecule has 5 aromatic rings. The second kappa shape index (κ2) is 7.85. The van der Waals surface area contributed by atoms with Gasteiger partial charge in [-0.05, 0) is 54.1 Å². The lowest BCUT2D eigenvalue weighted by atomic mass is 10.2. The fourth-order valence-corrected chi connectivity index (χ4v) is 4.73. The molecule has 2 heterocycles. The number of fused-ring (bicyclic) bond motifs is 3. The second-order valence-electron chi connectivity index (χ2n) is 7.04. The standard InChI is InChI=1S/C22H15ClFN5O2S/c23-15-7-11-17(12-8-15)32(30,31)22-21-26-20(25-13-14-5-9-16(24)10-6-14)18-3-1-2-4-19(18)29(21)28-27-22/h1-12H,13H2,(H,25,26). The van der Waals surface area contributed by atoms with Gasteiger partial charge in [-0.25, -0.2) is 17.8 Å². The molecule has 0 saturated heterocycles. The van der Waals surface area contributed by atoms with Crippen molar-refractivity contribution in [2.24, 2.45) is 0 Å². The van der Waals surface area contributed by atoms with E-state index in [0.29, 0.717) is 22.9 Å². The molecule has 0 saturated carbocycles. The van der Waals surface area contributed by atoms with Crippen LogP contribution < -0.4 is 5.32 Å². The Kier molecular flexibility index (Phi) is 4.99. The number of hydrogen-bond donors (Lipinski definition) is 1. The lowest BCUT2D eigenvalue weighted by molar-refractivity contribution is 0.592. The minimum absolute atomic E-state index is 0.0417. The summed E-state index contributed by atoms with van der Waals surface area (Å²) in [6, 6.07) is 19.2. The lowest BCUT2D eigenvalue weighted by Gasteiger charge is -2.11. The first kappa shape index (κ1) is 20.3. The van der Waals surface area contributed by atoms with E-state index >= 15 is 0 Å². The van der Waals surface area contributed by atoms with Gasteiger partial charge >= 0.3 is 0 Å². The Hall–Kier alpha value is -3.56. The summed E-state index contributed by atoms with van der Waals surface area (Å²) in [5.41, 5.74) is 1.59. The van der Waals surface area contributed by atoms with Crippen LogP contribution in [0.25, 0.3) is 16.6 Å². The van der Waals surface area contributed by atoms with E-state index in [1.165, 1.54) is 40.9 Å². The Morgan fingerprint density at radius 3 is 2.44 bits per heavy atom. The van der Waals surface area contributed by atoms with Crippen molar-refractivity contribution >= 4 is 43.8 Å². The van der Waals surface area contributed by atoms with E-state index in [2.05, 4.69) is 20.6 Å². The molecule has 2 aromatic heterocycles. The summed E-state index contributed by atoms with van der Waals surface area (Å²) in [4.78, 5) is 4.59. The van der Waals surface area contributed by atoms with Crippen molar-refractivity contribution < 1.29 is 12.8 Å². The van der Waals surface area contributed by atoms with E-state index in [1.807, 2.05) is 18.2 Å². The van der Waals surface area contributed by atoms with Crippen LogP contribution in [0.15, 0.2) is 82.7 Å². The third-order valence-electron chi connectivity index (χ3n) is 4.97. The molecule has 0 radical (unpaired) electrons. The van der Waals surface area contributed by atoms with E-state index in [-0.39, 0.29) is 21.4 Å². The maximum atomic E-state index is 13.2. The van der Waals surface area contributed by atoms with Gasteiger partial charge in [0.1, 0.15) is 11.6 Å². The Morgan fingerprint density at radius 2 is 1.69 bits per heavy atom. The highest BCUT2D eigenvalue weighted by Gasteiger charge is 2.27. The lowest BCUT2D eigenvalue weighted by Crippen LogP contribution is -2.07. The van der Waals surface area contributed by atoms with E-state index < -0.39 is 9.84 Å². The summed E-state index contributed by atoms with van der Waals surface area (Å²) >= 11 is 5.89. The van der Waals surface area contributed by atoms with Gasteiger partial charge in [0, 0.05) is 17.0 Å². The number of sulfone groups is 1. The molecule has 1 N–H and O–H groups in total. The molecule has 0 atom stereocenters. The molecule has 0 unspecified atom stereocenters. The topological polar surface area (TPSA) is 89.2 Å². The van der Waals surface area contributed by atoms with Gasteiger partial charge in [-0.3, -0.25) is 0 Å². The average molecular weight is 468 g/mol. The zero-order valence-corrected chi connectivity index (χ0v) is 18.0. The van der Waals surface area contributed by atoms with E-state index in [0.717, 1.165) is 10.9 Å². The van der Waals surface area contributed by atoms with Gasteiger partial charge in [0.05, 0.1) is 10.4 Å². The van der Waals surface area contributed by atoms with Gasteiger partial charge in [0.15, 0.2) is 5.65 Å². The zero-order valence-electron chi connectivity index (χ0n) is 16.4. The van der Waals surface area contributed by atoms with Crippen LogP contribution >= 0.6 is 11.6 Å². The SMILES string of the molecule is O=S(=O)(c1ccc(Cl)cc1)c1nnn2c1nc(NCc1ccc(F)cc1)c1ccccc12. The highest BCUT2D eigenvalue weighted by molar-refractivity contribution is 7.91. The molecule has 0 aliphatic heterocycles. The summed E-state index contributed by atoms with van der Waals surface area (Å²) in [6.07, 6.45) is 0. The highest BCUT2D eigenvalue weighted by Crippen LogP contribution is 2.28. The predicted molar refractivity (Wildman–Crippen MR) is 119 cm³/mol. The van der Waals surface area contributed by atoms with Crippen molar-refractivity contribution in [3.63, 3.8) is 0 Å². The number of aromatic nitrogens is 4. The summed E-state index contributed by atoms with van der Waals surface area (Å²) in [7, 11) is -3.98. The van der Waals surface area contributed by atoms with Crippen LogP contribution in [0, 0.1) is 5.82 Å². The third kappa shape index (κ3) is 3.55. The van der Waals surface area contributed by atoms with Gasteiger partial charge < -0.3 is 5.32 Å². The van der Waals surface area contributed by atoms with E-state index in [1.54, 1.807) is 18.2 Å². The van der Waals surface area contributed by atoms with Crippen LogP contribution in [-0.2, 0) is 16.4 Å². The van der Waals surface area contributed by atoms with Crippen molar-refractivity contribution in [1.82, 2.24) is 19.8 Å². The highest BCUT2D eigenvalue weighted by atomic mass is 35.5.